The number of unbranched alkanes of at least 4 members (excludes halogenated alkanes) is 1. The van der Waals surface area contributed by atoms with Crippen LogP contribution >= 0.6 is 0 Å². The number of hydrogen-bond acceptors (Lipinski definition) is 2. The van der Waals surface area contributed by atoms with E-state index in [0.29, 0.717) is 0 Å². The van der Waals surface area contributed by atoms with Crippen molar-refractivity contribution in [2.45, 2.75) is 26.2 Å². The summed E-state index contributed by atoms with van der Waals surface area (Å²) in [4.78, 5) is 4.16. The highest BCUT2D eigenvalue weighted by Gasteiger charge is 2.13. The molecular weight excluding hydrogens is 277 g/mol. The molecule has 3 heterocycles. The highest BCUT2D eigenvalue weighted by atomic mass is 19.1. The summed E-state index contributed by atoms with van der Waals surface area (Å²) in [5.74, 6) is -0.205. The molecule has 0 atom stereocenters. The molecule has 110 valence electrons. The summed E-state index contributed by atoms with van der Waals surface area (Å²) in [6, 6.07) is 8.98. The van der Waals surface area contributed by atoms with Crippen LogP contribution in [0.2, 0.25) is 0 Å². The number of aromatic nitrogens is 3. The molecule has 0 saturated heterocycles. The molecule has 4 aromatic rings. The minimum Gasteiger partial charge on any atom is -0.262 e. The van der Waals surface area contributed by atoms with Gasteiger partial charge in [0.25, 0.3) is 0 Å². The number of hydrogen-bond donors (Lipinski definition) is 0. The van der Waals surface area contributed by atoms with Crippen LogP contribution in [0, 0.1) is 5.82 Å². The van der Waals surface area contributed by atoms with Gasteiger partial charge in [-0.3, -0.25) is 4.98 Å². The van der Waals surface area contributed by atoms with Crippen LogP contribution in [0.1, 0.15) is 25.5 Å². The Morgan fingerprint density at radius 2 is 2.05 bits per heavy atom. The van der Waals surface area contributed by atoms with E-state index in [1.54, 1.807) is 18.5 Å². The molecule has 0 saturated carbocycles. The van der Waals surface area contributed by atoms with Crippen molar-refractivity contribution in [1.29, 1.82) is 0 Å². The summed E-state index contributed by atoms with van der Waals surface area (Å²) in [7, 11) is 0. The van der Waals surface area contributed by atoms with Gasteiger partial charge in [-0.25, -0.2) is 8.91 Å². The molecular formula is C18H16FN3. The molecule has 0 radical (unpaired) electrons. The fourth-order valence-electron chi connectivity index (χ4n) is 3.05. The van der Waals surface area contributed by atoms with E-state index in [0.717, 1.165) is 52.1 Å². The third-order valence-electron chi connectivity index (χ3n) is 4.12. The molecule has 0 N–H and O–H groups in total. The first kappa shape index (κ1) is 13.2. The Bertz CT molecular complexity index is 988. The molecule has 3 aromatic heterocycles. The Balaban J connectivity index is 2.16. The van der Waals surface area contributed by atoms with E-state index < -0.39 is 0 Å². The van der Waals surface area contributed by atoms with E-state index in [2.05, 4.69) is 18.0 Å². The summed E-state index contributed by atoms with van der Waals surface area (Å²) in [5, 5.41) is 7.71. The van der Waals surface area contributed by atoms with Gasteiger partial charge >= 0.3 is 0 Å². The van der Waals surface area contributed by atoms with Crippen molar-refractivity contribution in [2.24, 2.45) is 0 Å². The molecule has 3 nitrogen and oxygen atoms in total. The summed E-state index contributed by atoms with van der Waals surface area (Å²) < 4.78 is 15.6. The molecule has 0 aliphatic heterocycles. The van der Waals surface area contributed by atoms with Crippen LogP contribution in [0.5, 0.6) is 0 Å². The van der Waals surface area contributed by atoms with E-state index in [1.807, 2.05) is 16.6 Å². The van der Waals surface area contributed by atoms with Crippen molar-refractivity contribution in [3.63, 3.8) is 0 Å². The van der Waals surface area contributed by atoms with E-state index in [9.17, 15) is 4.39 Å². The van der Waals surface area contributed by atoms with Gasteiger partial charge in [-0.05, 0) is 48.6 Å². The molecule has 0 fully saturated rings. The maximum atomic E-state index is 13.6. The predicted molar refractivity (Wildman–Crippen MR) is 86.6 cm³/mol. The van der Waals surface area contributed by atoms with Gasteiger partial charge in [0.1, 0.15) is 11.3 Å². The van der Waals surface area contributed by atoms with Crippen molar-refractivity contribution < 1.29 is 4.39 Å². The summed E-state index contributed by atoms with van der Waals surface area (Å²) in [6.07, 6.45) is 6.69. The molecule has 1 aromatic carbocycles. The number of halogens is 1. The van der Waals surface area contributed by atoms with Crippen LogP contribution in [-0.2, 0) is 6.42 Å². The number of fused-ring (bicyclic) bond motifs is 5. The first-order valence-corrected chi connectivity index (χ1v) is 7.61. The maximum absolute atomic E-state index is 13.6. The second kappa shape index (κ2) is 5.05. The fraction of sp³-hybridized carbons (Fsp3) is 0.222. The van der Waals surface area contributed by atoms with Crippen molar-refractivity contribution in [3.8, 4) is 0 Å². The Labute approximate surface area is 127 Å². The van der Waals surface area contributed by atoms with Gasteiger partial charge in [-0.2, -0.15) is 5.10 Å². The molecule has 0 unspecified atom stereocenters. The lowest BCUT2D eigenvalue weighted by Gasteiger charge is -2.08. The smallest absolute Gasteiger partial charge is 0.123 e. The Hall–Kier alpha value is -2.49. The highest BCUT2D eigenvalue weighted by molar-refractivity contribution is 6.09. The molecule has 0 spiro atoms. The average molecular weight is 293 g/mol. The van der Waals surface area contributed by atoms with E-state index >= 15 is 0 Å². The Morgan fingerprint density at radius 1 is 1.14 bits per heavy atom. The first-order chi connectivity index (χ1) is 10.8. The van der Waals surface area contributed by atoms with Gasteiger partial charge < -0.3 is 0 Å². The van der Waals surface area contributed by atoms with Gasteiger partial charge in [-0.15, -0.1) is 0 Å². The zero-order valence-electron chi connectivity index (χ0n) is 12.4. The zero-order valence-corrected chi connectivity index (χ0v) is 12.4. The van der Waals surface area contributed by atoms with Crippen molar-refractivity contribution in [1.82, 2.24) is 14.6 Å². The number of rotatable bonds is 3. The topological polar surface area (TPSA) is 30.2 Å². The van der Waals surface area contributed by atoms with Crippen LogP contribution in [0.25, 0.3) is 27.2 Å². The second-order valence-corrected chi connectivity index (χ2v) is 5.62. The SMILES string of the molecule is CCCCc1cc2cc(F)ccc2c2c3ccncc3nn12. The van der Waals surface area contributed by atoms with Crippen LogP contribution < -0.4 is 0 Å². The van der Waals surface area contributed by atoms with E-state index in [1.165, 1.54) is 6.07 Å². The predicted octanol–water partition coefficient (Wildman–Crippen LogP) is 4.52. The lowest BCUT2D eigenvalue weighted by atomic mass is 10.1. The maximum Gasteiger partial charge on any atom is 0.123 e. The van der Waals surface area contributed by atoms with Gasteiger partial charge in [-0.1, -0.05) is 13.3 Å². The monoisotopic (exact) mass is 293 g/mol. The third-order valence-corrected chi connectivity index (χ3v) is 4.12. The Kier molecular flexibility index (Phi) is 3.03. The van der Waals surface area contributed by atoms with E-state index in [4.69, 9.17) is 5.10 Å². The lowest BCUT2D eigenvalue weighted by molar-refractivity contribution is 0.629. The molecule has 4 rings (SSSR count). The lowest BCUT2D eigenvalue weighted by Crippen LogP contribution is -1.99. The molecule has 22 heavy (non-hydrogen) atoms. The summed E-state index contributed by atoms with van der Waals surface area (Å²) >= 11 is 0. The summed E-state index contributed by atoms with van der Waals surface area (Å²) in [6.45, 7) is 2.17. The minimum atomic E-state index is -0.205. The number of aryl methyl sites for hydroxylation is 1. The quantitative estimate of drug-likeness (QED) is 0.556. The van der Waals surface area contributed by atoms with Crippen LogP contribution in [0.4, 0.5) is 4.39 Å². The van der Waals surface area contributed by atoms with Gasteiger partial charge in [0.15, 0.2) is 0 Å². The van der Waals surface area contributed by atoms with Crippen LogP contribution in [0.15, 0.2) is 42.7 Å². The van der Waals surface area contributed by atoms with E-state index in [-0.39, 0.29) is 5.82 Å². The van der Waals surface area contributed by atoms with Crippen LogP contribution in [-0.4, -0.2) is 14.6 Å². The zero-order chi connectivity index (χ0) is 15.1. The van der Waals surface area contributed by atoms with Crippen molar-refractivity contribution >= 4 is 27.2 Å². The number of pyridine rings is 2. The minimum absolute atomic E-state index is 0.205. The molecule has 0 bridgehead atoms. The first-order valence-electron chi connectivity index (χ1n) is 7.61. The number of benzene rings is 1. The van der Waals surface area contributed by atoms with Crippen molar-refractivity contribution in [3.05, 3.63) is 54.2 Å². The number of nitrogens with zero attached hydrogens (tertiary/aromatic N) is 3. The van der Waals surface area contributed by atoms with Gasteiger partial charge in [0, 0.05) is 22.7 Å². The molecule has 0 aliphatic rings. The molecule has 0 amide bonds. The van der Waals surface area contributed by atoms with Crippen molar-refractivity contribution in [2.75, 3.05) is 0 Å². The largest absolute Gasteiger partial charge is 0.262 e. The molecule has 4 heteroatoms. The normalized spacial score (nSPS) is 11.7. The average Bonchev–Trinajstić information content (AvgIpc) is 2.92. The second-order valence-electron chi connectivity index (χ2n) is 5.62. The van der Waals surface area contributed by atoms with Crippen LogP contribution in [0.3, 0.4) is 0 Å². The Morgan fingerprint density at radius 3 is 2.91 bits per heavy atom. The summed E-state index contributed by atoms with van der Waals surface area (Å²) in [5.41, 5.74) is 3.03. The van der Waals surface area contributed by atoms with Gasteiger partial charge in [0.2, 0.25) is 0 Å². The van der Waals surface area contributed by atoms with Gasteiger partial charge in [0.05, 0.1) is 11.7 Å². The molecule has 0 aliphatic carbocycles. The fourth-order valence-corrected chi connectivity index (χ4v) is 3.05. The highest BCUT2D eigenvalue weighted by Crippen LogP contribution is 2.29. The third kappa shape index (κ3) is 1.95. The standard InChI is InChI=1S/C18H16FN3/c1-2-3-4-14-10-12-9-13(19)5-6-15(12)18-16-7-8-20-11-17(16)21-22(14)18/h5-11H,2-4H2,1H3.